The topological polar surface area (TPSA) is 21.3 Å². The quantitative estimate of drug-likeness (QED) is 0.873. The number of halogens is 2. The van der Waals surface area contributed by atoms with Crippen LogP contribution in [0, 0.1) is 0 Å². The van der Waals surface area contributed by atoms with Gasteiger partial charge in [-0.3, -0.25) is 0 Å². The Morgan fingerprint density at radius 2 is 2.11 bits per heavy atom. The van der Waals surface area contributed by atoms with Gasteiger partial charge in [0, 0.05) is 28.0 Å². The molecule has 2 nitrogen and oxygen atoms in total. The normalized spacial score (nSPS) is 9.89. The summed E-state index contributed by atoms with van der Waals surface area (Å²) in [6.07, 6.45) is 0. The van der Waals surface area contributed by atoms with E-state index in [1.54, 1.807) is 18.4 Å². The van der Waals surface area contributed by atoms with Crippen LogP contribution in [0.5, 0.6) is 5.75 Å². The van der Waals surface area contributed by atoms with Crippen molar-refractivity contribution in [3.05, 3.63) is 50.6 Å². The van der Waals surface area contributed by atoms with Crippen molar-refractivity contribution in [3.8, 4) is 5.75 Å². The fraction of sp³-hybridized carbons (Fsp3) is 0.231. The van der Waals surface area contributed by atoms with Crippen LogP contribution in [0.15, 0.2) is 40.2 Å². The number of hydrogen-bond acceptors (Lipinski definition) is 3. The molecule has 0 bridgehead atoms. The molecule has 1 aromatic carbocycles. The highest BCUT2D eigenvalue weighted by molar-refractivity contribution is 9.10. The van der Waals surface area contributed by atoms with E-state index in [0.717, 1.165) is 23.3 Å². The summed E-state index contributed by atoms with van der Waals surface area (Å²) in [6.45, 7) is 1.70. The van der Waals surface area contributed by atoms with E-state index in [1.807, 2.05) is 12.1 Å². The predicted octanol–water partition coefficient (Wildman–Crippen LogP) is 4.23. The first kappa shape index (κ1) is 15.5. The lowest BCUT2D eigenvalue weighted by Crippen LogP contribution is -2.12. The smallest absolute Gasteiger partial charge is 0.123 e. The SMILES string of the molecule is COc1ccc(Br)cc1CNCc1cccs1.Cl. The van der Waals surface area contributed by atoms with Gasteiger partial charge < -0.3 is 10.1 Å². The van der Waals surface area contributed by atoms with Gasteiger partial charge in [0.1, 0.15) is 5.75 Å². The Morgan fingerprint density at radius 3 is 2.78 bits per heavy atom. The third-order valence-corrected chi connectivity index (χ3v) is 3.81. The molecular weight excluding hydrogens is 334 g/mol. The van der Waals surface area contributed by atoms with E-state index in [-0.39, 0.29) is 12.4 Å². The fourth-order valence-corrected chi connectivity index (χ4v) is 2.70. The molecular formula is C13H15BrClNOS. The Hall–Kier alpha value is -0.550. The van der Waals surface area contributed by atoms with Crippen LogP contribution in [0.25, 0.3) is 0 Å². The average Bonchev–Trinajstić information content (AvgIpc) is 2.82. The van der Waals surface area contributed by atoms with E-state index < -0.39 is 0 Å². The number of benzene rings is 1. The van der Waals surface area contributed by atoms with Gasteiger partial charge in [0.25, 0.3) is 0 Å². The molecule has 0 fully saturated rings. The zero-order valence-electron chi connectivity index (χ0n) is 9.98. The van der Waals surface area contributed by atoms with Gasteiger partial charge in [-0.25, -0.2) is 0 Å². The zero-order valence-corrected chi connectivity index (χ0v) is 13.2. The maximum Gasteiger partial charge on any atom is 0.123 e. The first-order valence-corrected chi connectivity index (χ1v) is 7.02. The van der Waals surface area contributed by atoms with Crippen LogP contribution in [-0.2, 0) is 13.1 Å². The van der Waals surface area contributed by atoms with Gasteiger partial charge in [-0.15, -0.1) is 23.7 Å². The highest BCUT2D eigenvalue weighted by Crippen LogP contribution is 2.22. The number of ether oxygens (including phenoxy) is 1. The summed E-state index contributed by atoms with van der Waals surface area (Å²) in [4.78, 5) is 1.35. The van der Waals surface area contributed by atoms with Crippen molar-refractivity contribution >= 4 is 39.7 Å². The largest absolute Gasteiger partial charge is 0.496 e. The Balaban J connectivity index is 0.00000162. The fourth-order valence-electron chi connectivity index (χ4n) is 1.62. The van der Waals surface area contributed by atoms with Crippen LogP contribution in [0.3, 0.4) is 0 Å². The number of hydrogen-bond donors (Lipinski definition) is 1. The second-order valence-electron chi connectivity index (χ2n) is 3.64. The van der Waals surface area contributed by atoms with E-state index >= 15 is 0 Å². The molecule has 0 saturated carbocycles. The van der Waals surface area contributed by atoms with Gasteiger partial charge in [-0.2, -0.15) is 0 Å². The summed E-state index contributed by atoms with van der Waals surface area (Å²) in [5.41, 5.74) is 1.17. The van der Waals surface area contributed by atoms with E-state index in [2.05, 4.69) is 44.8 Å². The molecule has 0 aliphatic carbocycles. The zero-order chi connectivity index (χ0) is 12.1. The van der Waals surface area contributed by atoms with Crippen LogP contribution < -0.4 is 10.1 Å². The summed E-state index contributed by atoms with van der Waals surface area (Å²) >= 11 is 5.24. The second-order valence-corrected chi connectivity index (χ2v) is 5.59. The summed E-state index contributed by atoms with van der Waals surface area (Å²) < 4.78 is 6.41. The molecule has 2 aromatic rings. The lowest BCUT2D eigenvalue weighted by molar-refractivity contribution is 0.407. The molecule has 0 spiro atoms. The minimum Gasteiger partial charge on any atom is -0.496 e. The molecule has 0 aliphatic heterocycles. The van der Waals surface area contributed by atoms with E-state index in [0.29, 0.717) is 0 Å². The lowest BCUT2D eigenvalue weighted by atomic mass is 10.2. The molecule has 0 atom stereocenters. The summed E-state index contributed by atoms with van der Waals surface area (Å²) in [7, 11) is 1.70. The predicted molar refractivity (Wildman–Crippen MR) is 82.8 cm³/mol. The molecule has 0 radical (unpaired) electrons. The molecule has 1 aromatic heterocycles. The first-order valence-electron chi connectivity index (χ1n) is 5.35. The Labute approximate surface area is 126 Å². The molecule has 5 heteroatoms. The van der Waals surface area contributed by atoms with E-state index in [4.69, 9.17) is 4.74 Å². The van der Waals surface area contributed by atoms with Crippen molar-refractivity contribution in [1.29, 1.82) is 0 Å². The summed E-state index contributed by atoms with van der Waals surface area (Å²) in [5, 5.41) is 5.51. The lowest BCUT2D eigenvalue weighted by Gasteiger charge is -2.09. The number of methoxy groups -OCH3 is 1. The molecule has 0 unspecified atom stereocenters. The molecule has 0 saturated heterocycles. The van der Waals surface area contributed by atoms with Crippen molar-refractivity contribution in [2.75, 3.05) is 7.11 Å². The van der Waals surface area contributed by atoms with Crippen LogP contribution in [-0.4, -0.2) is 7.11 Å². The van der Waals surface area contributed by atoms with Crippen LogP contribution in [0.1, 0.15) is 10.4 Å². The van der Waals surface area contributed by atoms with Crippen LogP contribution >= 0.6 is 39.7 Å². The standard InChI is InChI=1S/C13H14BrNOS.ClH/c1-16-13-5-4-11(14)7-10(13)8-15-9-12-3-2-6-17-12;/h2-7,15H,8-9H2,1H3;1H. The Bertz CT molecular complexity index is 476. The molecule has 98 valence electrons. The van der Waals surface area contributed by atoms with Gasteiger partial charge in [0.2, 0.25) is 0 Å². The Kier molecular flexibility index (Phi) is 6.71. The van der Waals surface area contributed by atoms with E-state index in [9.17, 15) is 0 Å². The van der Waals surface area contributed by atoms with Crippen molar-refractivity contribution in [2.45, 2.75) is 13.1 Å². The third-order valence-electron chi connectivity index (χ3n) is 2.44. The third kappa shape index (κ3) is 4.28. The monoisotopic (exact) mass is 347 g/mol. The van der Waals surface area contributed by atoms with Crippen molar-refractivity contribution in [2.24, 2.45) is 0 Å². The van der Waals surface area contributed by atoms with E-state index in [1.165, 1.54) is 10.4 Å². The number of thiophene rings is 1. The maximum absolute atomic E-state index is 5.33. The van der Waals surface area contributed by atoms with Crippen LogP contribution in [0.4, 0.5) is 0 Å². The van der Waals surface area contributed by atoms with Crippen molar-refractivity contribution in [1.82, 2.24) is 5.32 Å². The Morgan fingerprint density at radius 1 is 1.28 bits per heavy atom. The molecule has 2 rings (SSSR count). The highest BCUT2D eigenvalue weighted by atomic mass is 79.9. The van der Waals surface area contributed by atoms with Crippen molar-refractivity contribution in [3.63, 3.8) is 0 Å². The van der Waals surface area contributed by atoms with Crippen LogP contribution in [0.2, 0.25) is 0 Å². The molecule has 1 heterocycles. The molecule has 1 N–H and O–H groups in total. The second kappa shape index (κ2) is 7.79. The number of nitrogens with one attached hydrogen (secondary N) is 1. The van der Waals surface area contributed by atoms with Gasteiger partial charge in [0.05, 0.1) is 7.11 Å². The van der Waals surface area contributed by atoms with Gasteiger partial charge in [-0.1, -0.05) is 22.0 Å². The molecule has 0 amide bonds. The first-order chi connectivity index (χ1) is 8.29. The van der Waals surface area contributed by atoms with Gasteiger partial charge in [0.15, 0.2) is 0 Å². The number of rotatable bonds is 5. The highest BCUT2D eigenvalue weighted by Gasteiger charge is 2.03. The minimum absolute atomic E-state index is 0. The van der Waals surface area contributed by atoms with Gasteiger partial charge in [-0.05, 0) is 29.6 Å². The summed E-state index contributed by atoms with van der Waals surface area (Å²) in [5.74, 6) is 0.923. The van der Waals surface area contributed by atoms with Crippen molar-refractivity contribution < 1.29 is 4.74 Å². The minimum atomic E-state index is 0. The maximum atomic E-state index is 5.33. The summed E-state index contributed by atoms with van der Waals surface area (Å²) in [6, 6.07) is 10.3. The average molecular weight is 349 g/mol. The van der Waals surface area contributed by atoms with Gasteiger partial charge >= 0.3 is 0 Å². The molecule has 0 aliphatic rings. The molecule has 18 heavy (non-hydrogen) atoms.